The molecule has 1 fully saturated rings. The molecule has 0 atom stereocenters. The van der Waals surface area contributed by atoms with Crippen molar-refractivity contribution < 1.29 is 9.21 Å². The Morgan fingerprint density at radius 2 is 2.22 bits per heavy atom. The van der Waals surface area contributed by atoms with Crippen molar-refractivity contribution in [3.63, 3.8) is 0 Å². The van der Waals surface area contributed by atoms with Crippen LogP contribution in [0.2, 0.25) is 0 Å². The third-order valence-corrected chi connectivity index (χ3v) is 4.51. The van der Waals surface area contributed by atoms with Crippen molar-refractivity contribution in [3.05, 3.63) is 24.2 Å². The first kappa shape index (κ1) is 13.5. The molecule has 100 valence electrons. The van der Waals surface area contributed by atoms with Gasteiger partial charge in [-0.1, -0.05) is 19.3 Å². The van der Waals surface area contributed by atoms with E-state index in [9.17, 15) is 4.79 Å². The van der Waals surface area contributed by atoms with Crippen molar-refractivity contribution in [3.8, 4) is 0 Å². The molecule has 3 nitrogen and oxygen atoms in total. The van der Waals surface area contributed by atoms with Gasteiger partial charge in [-0.15, -0.1) is 11.8 Å². The molecule has 0 unspecified atom stereocenters. The molecule has 0 radical (unpaired) electrons. The molecule has 0 N–H and O–H groups in total. The van der Waals surface area contributed by atoms with E-state index in [0.29, 0.717) is 11.8 Å². The highest BCUT2D eigenvalue weighted by Crippen LogP contribution is 2.22. The average molecular weight is 267 g/mol. The number of thioether (sulfide) groups is 1. The summed E-state index contributed by atoms with van der Waals surface area (Å²) in [6.45, 7) is 0. The van der Waals surface area contributed by atoms with Gasteiger partial charge in [0.15, 0.2) is 0 Å². The van der Waals surface area contributed by atoms with Gasteiger partial charge in [-0.05, 0) is 25.0 Å². The zero-order chi connectivity index (χ0) is 12.8. The number of furan rings is 1. The van der Waals surface area contributed by atoms with Gasteiger partial charge in [-0.2, -0.15) is 0 Å². The van der Waals surface area contributed by atoms with Gasteiger partial charge >= 0.3 is 0 Å². The molecule has 2 rings (SSSR count). The molecule has 1 saturated carbocycles. The molecule has 1 aliphatic carbocycles. The lowest BCUT2D eigenvalue weighted by molar-refractivity contribution is -0.129. The molecule has 1 aromatic rings. The lowest BCUT2D eigenvalue weighted by atomic mass is 9.94. The van der Waals surface area contributed by atoms with Crippen LogP contribution in [-0.4, -0.2) is 29.6 Å². The highest BCUT2D eigenvalue weighted by Gasteiger charge is 2.21. The minimum atomic E-state index is 0.249. The predicted octanol–water partition coefficient (Wildman–Crippen LogP) is 3.30. The fourth-order valence-corrected chi connectivity index (χ4v) is 3.25. The smallest absolute Gasteiger partial charge is 0.232 e. The van der Waals surface area contributed by atoms with E-state index < -0.39 is 0 Å². The van der Waals surface area contributed by atoms with Crippen LogP contribution < -0.4 is 0 Å². The maximum atomic E-state index is 12.0. The molecule has 18 heavy (non-hydrogen) atoms. The SMILES string of the molecule is CN(C(=O)CSCc1ccco1)C1CCCCC1. The minimum absolute atomic E-state index is 0.249. The van der Waals surface area contributed by atoms with Crippen LogP contribution in [0.15, 0.2) is 22.8 Å². The maximum Gasteiger partial charge on any atom is 0.232 e. The Kier molecular flexibility index (Phi) is 5.17. The molecular weight excluding hydrogens is 246 g/mol. The Hall–Kier alpha value is -0.900. The van der Waals surface area contributed by atoms with E-state index in [2.05, 4.69) is 0 Å². The maximum absolute atomic E-state index is 12.0. The topological polar surface area (TPSA) is 33.5 Å². The van der Waals surface area contributed by atoms with E-state index in [1.807, 2.05) is 24.1 Å². The Balaban J connectivity index is 1.70. The molecule has 1 aliphatic rings. The molecule has 0 spiro atoms. The lowest BCUT2D eigenvalue weighted by Crippen LogP contribution is -2.39. The van der Waals surface area contributed by atoms with Crippen LogP contribution in [0.3, 0.4) is 0 Å². The quantitative estimate of drug-likeness (QED) is 0.820. The van der Waals surface area contributed by atoms with Gasteiger partial charge in [0.1, 0.15) is 5.76 Å². The largest absolute Gasteiger partial charge is 0.468 e. The van der Waals surface area contributed by atoms with Crippen LogP contribution in [-0.2, 0) is 10.5 Å². The van der Waals surface area contributed by atoms with Crippen LogP contribution in [0.25, 0.3) is 0 Å². The van der Waals surface area contributed by atoms with E-state index in [-0.39, 0.29) is 5.91 Å². The molecule has 0 aromatic carbocycles. The number of nitrogens with zero attached hydrogens (tertiary/aromatic N) is 1. The Labute approximate surface area is 113 Å². The zero-order valence-electron chi connectivity index (χ0n) is 10.9. The summed E-state index contributed by atoms with van der Waals surface area (Å²) in [5, 5.41) is 0. The van der Waals surface area contributed by atoms with Crippen molar-refractivity contribution in [1.29, 1.82) is 0 Å². The number of hydrogen-bond donors (Lipinski definition) is 0. The Morgan fingerprint density at radius 1 is 1.44 bits per heavy atom. The molecule has 0 saturated heterocycles. The fraction of sp³-hybridized carbons (Fsp3) is 0.643. The van der Waals surface area contributed by atoms with Crippen molar-refractivity contribution in [1.82, 2.24) is 4.90 Å². The molecule has 1 amide bonds. The Morgan fingerprint density at radius 3 is 2.89 bits per heavy atom. The highest BCUT2D eigenvalue weighted by atomic mass is 32.2. The van der Waals surface area contributed by atoms with Gasteiger partial charge in [-0.25, -0.2) is 0 Å². The number of carbonyl (C=O) groups is 1. The fourth-order valence-electron chi connectivity index (χ4n) is 2.41. The van der Waals surface area contributed by atoms with Gasteiger partial charge in [-0.3, -0.25) is 4.79 Å². The summed E-state index contributed by atoms with van der Waals surface area (Å²) in [6, 6.07) is 4.30. The Bertz CT molecular complexity index is 358. The predicted molar refractivity (Wildman–Crippen MR) is 74.5 cm³/mol. The molecular formula is C14H21NO2S. The summed E-state index contributed by atoms with van der Waals surface area (Å²) in [7, 11) is 1.95. The molecule has 4 heteroatoms. The molecule has 1 heterocycles. The summed E-state index contributed by atoms with van der Waals surface area (Å²) in [4.78, 5) is 14.0. The van der Waals surface area contributed by atoms with Crippen LogP contribution in [0.1, 0.15) is 37.9 Å². The normalized spacial score (nSPS) is 16.7. The first-order valence-corrected chi connectivity index (χ1v) is 7.78. The third-order valence-electron chi connectivity index (χ3n) is 3.57. The van der Waals surface area contributed by atoms with Crippen molar-refractivity contribution in [2.75, 3.05) is 12.8 Å². The molecule has 0 aliphatic heterocycles. The number of carbonyl (C=O) groups excluding carboxylic acids is 1. The van der Waals surface area contributed by atoms with E-state index >= 15 is 0 Å². The van der Waals surface area contributed by atoms with Crippen molar-refractivity contribution >= 4 is 17.7 Å². The van der Waals surface area contributed by atoms with Crippen molar-refractivity contribution in [2.45, 2.75) is 43.9 Å². The number of rotatable bonds is 5. The second-order valence-corrected chi connectivity index (χ2v) is 5.85. The van der Waals surface area contributed by atoms with Gasteiger partial charge in [0, 0.05) is 13.1 Å². The number of hydrogen-bond acceptors (Lipinski definition) is 3. The number of amides is 1. The summed E-state index contributed by atoms with van der Waals surface area (Å²) < 4.78 is 5.25. The average Bonchev–Trinajstić information content (AvgIpc) is 2.92. The van der Waals surface area contributed by atoms with Crippen LogP contribution in [0, 0.1) is 0 Å². The van der Waals surface area contributed by atoms with Gasteiger partial charge in [0.25, 0.3) is 0 Å². The van der Waals surface area contributed by atoms with E-state index in [1.165, 1.54) is 32.1 Å². The summed E-state index contributed by atoms with van der Waals surface area (Å²) in [5.41, 5.74) is 0. The van der Waals surface area contributed by atoms with E-state index in [0.717, 1.165) is 11.5 Å². The zero-order valence-corrected chi connectivity index (χ0v) is 11.7. The second-order valence-electron chi connectivity index (χ2n) is 4.87. The van der Waals surface area contributed by atoms with Crippen LogP contribution in [0.4, 0.5) is 0 Å². The van der Waals surface area contributed by atoms with Crippen LogP contribution in [0.5, 0.6) is 0 Å². The first-order chi connectivity index (χ1) is 8.77. The van der Waals surface area contributed by atoms with Gasteiger partial charge in [0.2, 0.25) is 5.91 Å². The van der Waals surface area contributed by atoms with Gasteiger partial charge in [0.05, 0.1) is 17.8 Å². The van der Waals surface area contributed by atoms with Crippen LogP contribution >= 0.6 is 11.8 Å². The minimum Gasteiger partial charge on any atom is -0.468 e. The molecule has 1 aromatic heterocycles. The van der Waals surface area contributed by atoms with E-state index in [1.54, 1.807) is 18.0 Å². The summed E-state index contributed by atoms with van der Waals surface area (Å²) in [6.07, 6.45) is 7.87. The third kappa shape index (κ3) is 3.80. The highest BCUT2D eigenvalue weighted by molar-refractivity contribution is 7.99. The first-order valence-electron chi connectivity index (χ1n) is 6.63. The monoisotopic (exact) mass is 267 g/mol. The lowest BCUT2D eigenvalue weighted by Gasteiger charge is -2.31. The standard InChI is InChI=1S/C14H21NO2S/c1-15(12-6-3-2-4-7-12)14(16)11-18-10-13-8-5-9-17-13/h5,8-9,12H,2-4,6-7,10-11H2,1H3. The van der Waals surface area contributed by atoms with Gasteiger partial charge < -0.3 is 9.32 Å². The summed E-state index contributed by atoms with van der Waals surface area (Å²) >= 11 is 1.63. The van der Waals surface area contributed by atoms with Crippen molar-refractivity contribution in [2.24, 2.45) is 0 Å². The van der Waals surface area contributed by atoms with E-state index in [4.69, 9.17) is 4.42 Å². The second kappa shape index (κ2) is 6.88. The molecule has 0 bridgehead atoms. The summed E-state index contributed by atoms with van der Waals surface area (Å²) in [5.74, 6) is 2.51.